The zero-order valence-electron chi connectivity index (χ0n) is 16.4. The summed E-state index contributed by atoms with van der Waals surface area (Å²) in [5.41, 5.74) is 3.03. The molecule has 3 heterocycles. The maximum atomic E-state index is 6.17. The van der Waals surface area contributed by atoms with Gasteiger partial charge in [0.05, 0.1) is 4.88 Å². The van der Waals surface area contributed by atoms with Crippen molar-refractivity contribution in [2.24, 2.45) is 0 Å². The van der Waals surface area contributed by atoms with E-state index in [-0.39, 0.29) is 0 Å². The number of anilines is 1. The summed E-state index contributed by atoms with van der Waals surface area (Å²) >= 11 is 1.73. The lowest BCUT2D eigenvalue weighted by molar-refractivity contribution is 0.308. The van der Waals surface area contributed by atoms with Crippen molar-refractivity contribution in [2.45, 2.75) is 44.8 Å². The second kappa shape index (κ2) is 8.29. The molecule has 1 aromatic carbocycles. The Morgan fingerprint density at radius 2 is 1.86 bits per heavy atom. The Morgan fingerprint density at radius 1 is 1.00 bits per heavy atom. The summed E-state index contributed by atoms with van der Waals surface area (Å²) in [6.07, 6.45) is 8.48. The first-order valence-electron chi connectivity index (χ1n) is 10.4. The van der Waals surface area contributed by atoms with Crippen LogP contribution in [0.4, 0.5) is 5.82 Å². The topological polar surface area (TPSA) is 38.6 Å². The summed E-state index contributed by atoms with van der Waals surface area (Å²) in [6, 6.07) is 19.0. The van der Waals surface area contributed by atoms with Gasteiger partial charge in [-0.25, -0.2) is 4.98 Å². The zero-order valence-corrected chi connectivity index (χ0v) is 17.2. The molecular weight excluding hydrogens is 378 g/mol. The van der Waals surface area contributed by atoms with Crippen LogP contribution < -0.4 is 10.1 Å². The lowest BCUT2D eigenvalue weighted by Crippen LogP contribution is -2.23. The van der Waals surface area contributed by atoms with E-state index in [1.165, 1.54) is 37.0 Å². The van der Waals surface area contributed by atoms with E-state index < -0.39 is 0 Å². The lowest BCUT2D eigenvalue weighted by atomic mass is 9.95. The molecule has 148 valence electrons. The number of pyridine rings is 1. The molecule has 5 rings (SSSR count). The maximum Gasteiger partial charge on any atom is 0.182 e. The minimum atomic E-state index is 0.510. The number of hydrogen-bond acceptors (Lipinski definition) is 4. The smallest absolute Gasteiger partial charge is 0.182 e. The van der Waals surface area contributed by atoms with Crippen molar-refractivity contribution in [1.82, 2.24) is 9.38 Å². The van der Waals surface area contributed by atoms with Crippen LogP contribution in [0.5, 0.6) is 5.75 Å². The zero-order chi connectivity index (χ0) is 19.5. The van der Waals surface area contributed by atoms with E-state index in [1.807, 2.05) is 30.3 Å². The summed E-state index contributed by atoms with van der Waals surface area (Å²) in [7, 11) is 0. The van der Waals surface area contributed by atoms with Gasteiger partial charge in [0.15, 0.2) is 11.4 Å². The maximum absolute atomic E-state index is 6.17. The van der Waals surface area contributed by atoms with Crippen LogP contribution in [-0.2, 0) is 6.61 Å². The first-order valence-corrected chi connectivity index (χ1v) is 11.2. The summed E-state index contributed by atoms with van der Waals surface area (Å²) in [5.74, 6) is 1.89. The van der Waals surface area contributed by atoms with Gasteiger partial charge in [-0.05, 0) is 42.0 Å². The van der Waals surface area contributed by atoms with Gasteiger partial charge in [0.25, 0.3) is 0 Å². The number of aromatic nitrogens is 2. The van der Waals surface area contributed by atoms with E-state index >= 15 is 0 Å². The molecule has 0 aliphatic heterocycles. The molecule has 29 heavy (non-hydrogen) atoms. The molecule has 0 atom stereocenters. The Morgan fingerprint density at radius 3 is 2.66 bits per heavy atom. The molecule has 0 bridgehead atoms. The Hall–Kier alpha value is -2.79. The highest BCUT2D eigenvalue weighted by atomic mass is 32.1. The Kier molecular flexibility index (Phi) is 5.22. The second-order valence-electron chi connectivity index (χ2n) is 7.61. The predicted molar refractivity (Wildman–Crippen MR) is 120 cm³/mol. The summed E-state index contributed by atoms with van der Waals surface area (Å²) in [6.45, 7) is 0.535. The van der Waals surface area contributed by atoms with Crippen LogP contribution in [0.25, 0.3) is 16.2 Å². The molecule has 4 aromatic rings. The minimum Gasteiger partial charge on any atom is -0.485 e. The van der Waals surface area contributed by atoms with E-state index in [4.69, 9.17) is 9.72 Å². The first kappa shape index (κ1) is 18.3. The standard InChI is InChI=1S/C24H25N3OS/c1-3-9-18(10-4-1)17-28-20-13-7-15-27-23(20)26-22(21-14-8-16-29-21)24(27)25-19-11-5-2-6-12-19/h1,3-4,7-10,13-16,19,25H,2,5-6,11-12,17H2. The van der Waals surface area contributed by atoms with Crippen LogP contribution in [-0.4, -0.2) is 15.4 Å². The number of rotatable bonds is 6. The summed E-state index contributed by atoms with van der Waals surface area (Å²) in [4.78, 5) is 6.20. The molecule has 3 aromatic heterocycles. The van der Waals surface area contributed by atoms with Gasteiger partial charge in [0.2, 0.25) is 0 Å². The minimum absolute atomic E-state index is 0.510. The molecule has 4 nitrogen and oxygen atoms in total. The van der Waals surface area contributed by atoms with Gasteiger partial charge in [0.1, 0.15) is 18.1 Å². The fourth-order valence-electron chi connectivity index (χ4n) is 4.05. The molecule has 1 saturated carbocycles. The van der Waals surface area contributed by atoms with Gasteiger partial charge in [0, 0.05) is 12.2 Å². The van der Waals surface area contributed by atoms with Crippen molar-refractivity contribution in [1.29, 1.82) is 0 Å². The molecule has 1 aliphatic rings. The lowest BCUT2D eigenvalue weighted by Gasteiger charge is -2.24. The Labute approximate surface area is 175 Å². The Bertz CT molecular complexity index is 1070. The number of ether oxygens (including phenoxy) is 1. The number of fused-ring (bicyclic) bond motifs is 1. The highest BCUT2D eigenvalue weighted by Gasteiger charge is 2.21. The van der Waals surface area contributed by atoms with E-state index in [2.05, 4.69) is 45.6 Å². The van der Waals surface area contributed by atoms with Gasteiger partial charge in [-0.1, -0.05) is 55.7 Å². The number of benzene rings is 1. The normalized spacial score (nSPS) is 14.9. The molecule has 0 unspecified atom stereocenters. The van der Waals surface area contributed by atoms with Crippen molar-refractivity contribution in [3.63, 3.8) is 0 Å². The van der Waals surface area contributed by atoms with Crippen LogP contribution in [0.15, 0.2) is 66.2 Å². The average Bonchev–Trinajstić information content (AvgIpc) is 3.42. The third-order valence-corrected chi connectivity index (χ3v) is 6.43. The molecule has 0 spiro atoms. The molecular formula is C24H25N3OS. The molecule has 1 fully saturated rings. The fraction of sp³-hybridized carbons (Fsp3) is 0.292. The molecule has 1 N–H and O–H groups in total. The van der Waals surface area contributed by atoms with Crippen molar-refractivity contribution in [3.8, 4) is 16.3 Å². The van der Waals surface area contributed by atoms with Crippen molar-refractivity contribution >= 4 is 22.8 Å². The van der Waals surface area contributed by atoms with Crippen molar-refractivity contribution in [3.05, 3.63) is 71.7 Å². The summed E-state index contributed by atoms with van der Waals surface area (Å²) in [5, 5.41) is 5.92. The largest absolute Gasteiger partial charge is 0.485 e. The number of hydrogen-bond donors (Lipinski definition) is 1. The van der Waals surface area contributed by atoms with Crippen LogP contribution >= 0.6 is 11.3 Å². The van der Waals surface area contributed by atoms with Gasteiger partial charge in [-0.15, -0.1) is 11.3 Å². The Balaban J connectivity index is 1.52. The van der Waals surface area contributed by atoms with E-state index in [0.717, 1.165) is 28.5 Å². The highest BCUT2D eigenvalue weighted by molar-refractivity contribution is 7.13. The van der Waals surface area contributed by atoms with E-state index in [0.29, 0.717) is 12.6 Å². The number of nitrogens with zero attached hydrogens (tertiary/aromatic N) is 2. The van der Waals surface area contributed by atoms with Crippen LogP contribution in [0.3, 0.4) is 0 Å². The fourth-order valence-corrected chi connectivity index (χ4v) is 4.77. The summed E-state index contributed by atoms with van der Waals surface area (Å²) < 4.78 is 8.33. The van der Waals surface area contributed by atoms with Crippen molar-refractivity contribution < 1.29 is 4.74 Å². The number of imidazole rings is 1. The van der Waals surface area contributed by atoms with Crippen LogP contribution in [0, 0.1) is 0 Å². The number of nitrogens with one attached hydrogen (secondary N) is 1. The van der Waals surface area contributed by atoms with E-state index in [1.54, 1.807) is 11.3 Å². The number of thiophene rings is 1. The van der Waals surface area contributed by atoms with Gasteiger partial charge in [-0.3, -0.25) is 4.40 Å². The highest BCUT2D eigenvalue weighted by Crippen LogP contribution is 2.36. The van der Waals surface area contributed by atoms with Gasteiger partial charge >= 0.3 is 0 Å². The van der Waals surface area contributed by atoms with E-state index in [9.17, 15) is 0 Å². The van der Waals surface area contributed by atoms with Gasteiger partial charge in [-0.2, -0.15) is 0 Å². The molecule has 1 aliphatic carbocycles. The third-order valence-electron chi connectivity index (χ3n) is 5.55. The predicted octanol–water partition coefficient (Wildman–Crippen LogP) is 6.39. The quantitative estimate of drug-likeness (QED) is 0.405. The first-order chi connectivity index (χ1) is 14.4. The van der Waals surface area contributed by atoms with Crippen LogP contribution in [0.1, 0.15) is 37.7 Å². The third kappa shape index (κ3) is 3.87. The SMILES string of the molecule is c1ccc(COc2cccn3c(NC4CCCCC4)c(-c4cccs4)nc23)cc1. The molecule has 0 amide bonds. The molecule has 5 heteroatoms. The molecule has 0 radical (unpaired) electrons. The van der Waals surface area contributed by atoms with Crippen LogP contribution in [0.2, 0.25) is 0 Å². The monoisotopic (exact) mass is 403 g/mol. The van der Waals surface area contributed by atoms with Gasteiger partial charge < -0.3 is 10.1 Å². The second-order valence-corrected chi connectivity index (χ2v) is 8.55. The van der Waals surface area contributed by atoms with Crippen molar-refractivity contribution in [2.75, 3.05) is 5.32 Å². The average molecular weight is 404 g/mol. The molecule has 0 saturated heterocycles.